The molecule has 2 aliphatic rings. The summed E-state index contributed by atoms with van der Waals surface area (Å²) in [7, 11) is 1.93. The molecular weight excluding hydrogens is 210 g/mol. The Kier molecular flexibility index (Phi) is 2.60. The number of alkyl halides is 2. The van der Waals surface area contributed by atoms with Gasteiger partial charge in [-0.05, 0) is 0 Å². The molecule has 0 unspecified atom stereocenters. The lowest BCUT2D eigenvalue weighted by Crippen LogP contribution is -2.38. The first-order valence-electron chi connectivity index (χ1n) is 5.20. The van der Waals surface area contributed by atoms with Crippen molar-refractivity contribution in [2.75, 3.05) is 20.1 Å². The molecule has 0 aromatic heterocycles. The fourth-order valence-corrected chi connectivity index (χ4v) is 1.90. The van der Waals surface area contributed by atoms with Crippen LogP contribution in [0.15, 0.2) is 42.1 Å². The Morgan fingerprint density at radius 1 is 1.56 bits per heavy atom. The molecule has 0 spiro atoms. The maximum atomic E-state index is 13.7. The third kappa shape index (κ3) is 1.76. The number of halogens is 2. The maximum Gasteiger partial charge on any atom is 0.298 e. The number of nitrogens with zero attached hydrogens (tertiary/aromatic N) is 2. The molecule has 0 amide bonds. The fraction of sp³-hybridized carbons (Fsp3) is 0.417. The van der Waals surface area contributed by atoms with Crippen molar-refractivity contribution in [1.82, 2.24) is 9.80 Å². The van der Waals surface area contributed by atoms with Gasteiger partial charge in [0.15, 0.2) is 0 Å². The van der Waals surface area contributed by atoms with Gasteiger partial charge >= 0.3 is 0 Å². The van der Waals surface area contributed by atoms with Gasteiger partial charge in [0.1, 0.15) is 5.70 Å². The van der Waals surface area contributed by atoms with Gasteiger partial charge in [-0.2, -0.15) is 8.78 Å². The molecule has 2 nitrogen and oxygen atoms in total. The summed E-state index contributed by atoms with van der Waals surface area (Å²) in [6, 6.07) is 0. The van der Waals surface area contributed by atoms with Crippen LogP contribution in [0.2, 0.25) is 0 Å². The van der Waals surface area contributed by atoms with Gasteiger partial charge in [0.2, 0.25) is 0 Å². The van der Waals surface area contributed by atoms with Gasteiger partial charge in [0.25, 0.3) is 5.92 Å². The highest BCUT2D eigenvalue weighted by Crippen LogP contribution is 2.36. The number of fused-ring (bicyclic) bond motifs is 1. The van der Waals surface area contributed by atoms with E-state index in [0.29, 0.717) is 6.54 Å². The third-order valence-corrected chi connectivity index (χ3v) is 2.71. The summed E-state index contributed by atoms with van der Waals surface area (Å²) >= 11 is 0. The summed E-state index contributed by atoms with van der Waals surface area (Å²) in [5.41, 5.74) is 3.42. The molecule has 4 heteroatoms. The summed E-state index contributed by atoms with van der Waals surface area (Å²) in [4.78, 5) is 3.61. The normalized spacial score (nSPS) is 19.4. The van der Waals surface area contributed by atoms with E-state index >= 15 is 0 Å². The number of hydrogen-bond acceptors (Lipinski definition) is 2. The average molecular weight is 224 g/mol. The van der Waals surface area contributed by atoms with Crippen LogP contribution in [0.25, 0.3) is 0 Å². The summed E-state index contributed by atoms with van der Waals surface area (Å²) in [6.45, 7) is 4.68. The van der Waals surface area contributed by atoms with Crippen LogP contribution in [0.5, 0.6) is 0 Å². The summed E-state index contributed by atoms with van der Waals surface area (Å²) < 4.78 is 27.4. The molecular formula is C12H14F2N2. The second-order valence-corrected chi connectivity index (χ2v) is 4.02. The number of likely N-dealkylation sites (N-methyl/N-ethyl adjacent to an activating group) is 1. The predicted octanol–water partition coefficient (Wildman–Crippen LogP) is 2.34. The topological polar surface area (TPSA) is 6.48 Å². The van der Waals surface area contributed by atoms with Crippen LogP contribution in [0, 0.1) is 0 Å². The molecule has 86 valence electrons. The van der Waals surface area contributed by atoms with Crippen molar-refractivity contribution in [1.29, 1.82) is 0 Å². The molecule has 2 heterocycles. The molecule has 0 aromatic rings. The van der Waals surface area contributed by atoms with Gasteiger partial charge in [-0.1, -0.05) is 11.8 Å². The average Bonchev–Trinajstić information content (AvgIpc) is 2.60. The smallest absolute Gasteiger partial charge is 0.298 e. The minimum absolute atomic E-state index is 0.0354. The molecule has 0 saturated heterocycles. The Hall–Kier alpha value is -1.54. The Morgan fingerprint density at radius 3 is 3.00 bits per heavy atom. The molecule has 2 aliphatic heterocycles. The second kappa shape index (κ2) is 3.80. The molecule has 0 radical (unpaired) electrons. The lowest BCUT2D eigenvalue weighted by atomic mass is 10.1. The van der Waals surface area contributed by atoms with Crippen molar-refractivity contribution >= 4 is 0 Å². The van der Waals surface area contributed by atoms with Crippen LogP contribution in [0.1, 0.15) is 6.42 Å². The number of hydrogen-bond donors (Lipinski definition) is 0. The zero-order valence-electron chi connectivity index (χ0n) is 9.21. The maximum absolute atomic E-state index is 13.7. The lowest BCUT2D eigenvalue weighted by molar-refractivity contribution is 0.0196. The highest BCUT2D eigenvalue weighted by molar-refractivity contribution is 5.34. The fourth-order valence-electron chi connectivity index (χ4n) is 1.90. The summed E-state index contributed by atoms with van der Waals surface area (Å²) in [5.74, 6) is -2.87. The van der Waals surface area contributed by atoms with E-state index in [-0.39, 0.29) is 12.1 Å². The zero-order chi connectivity index (χ0) is 11.8. The van der Waals surface area contributed by atoms with E-state index in [0.717, 1.165) is 12.2 Å². The van der Waals surface area contributed by atoms with E-state index < -0.39 is 5.92 Å². The largest absolute Gasteiger partial charge is 0.377 e. The van der Waals surface area contributed by atoms with Crippen molar-refractivity contribution < 1.29 is 8.78 Å². The van der Waals surface area contributed by atoms with Gasteiger partial charge in [-0.3, -0.25) is 0 Å². The number of allylic oxidation sites excluding steroid dienone is 2. The molecule has 0 aromatic carbocycles. The minimum atomic E-state index is -2.87. The first-order chi connectivity index (χ1) is 7.54. The summed E-state index contributed by atoms with van der Waals surface area (Å²) in [5, 5.41) is 0. The van der Waals surface area contributed by atoms with Gasteiger partial charge in [0, 0.05) is 38.8 Å². The predicted molar refractivity (Wildman–Crippen MR) is 58.8 cm³/mol. The monoisotopic (exact) mass is 224 g/mol. The van der Waals surface area contributed by atoms with Crippen molar-refractivity contribution in [3.8, 4) is 0 Å². The molecule has 0 aliphatic carbocycles. The highest BCUT2D eigenvalue weighted by atomic mass is 19.3. The molecule has 0 saturated carbocycles. The van der Waals surface area contributed by atoms with E-state index in [2.05, 4.69) is 12.3 Å². The van der Waals surface area contributed by atoms with E-state index in [1.807, 2.05) is 18.1 Å². The van der Waals surface area contributed by atoms with Crippen molar-refractivity contribution in [3.05, 3.63) is 42.1 Å². The Labute approximate surface area is 93.8 Å². The van der Waals surface area contributed by atoms with Crippen molar-refractivity contribution in [2.45, 2.75) is 12.3 Å². The number of rotatable bonds is 3. The molecule has 0 N–H and O–H groups in total. The minimum Gasteiger partial charge on any atom is -0.377 e. The van der Waals surface area contributed by atoms with Crippen LogP contribution in [-0.2, 0) is 0 Å². The Bertz CT molecular complexity index is 403. The molecule has 0 atom stereocenters. The van der Waals surface area contributed by atoms with E-state index in [9.17, 15) is 8.78 Å². The lowest BCUT2D eigenvalue weighted by Gasteiger charge is -2.33. The quantitative estimate of drug-likeness (QED) is 0.536. The van der Waals surface area contributed by atoms with E-state index in [1.165, 1.54) is 6.08 Å². The first-order valence-corrected chi connectivity index (χ1v) is 5.20. The Balaban J connectivity index is 2.25. The SMILES string of the molecule is C=CCC(F)(F)C1=C=CC2=CN(C)CCN12. The van der Waals surface area contributed by atoms with E-state index in [1.54, 1.807) is 11.0 Å². The van der Waals surface area contributed by atoms with Crippen LogP contribution >= 0.6 is 0 Å². The van der Waals surface area contributed by atoms with E-state index in [4.69, 9.17) is 0 Å². The van der Waals surface area contributed by atoms with Crippen LogP contribution in [0.4, 0.5) is 8.78 Å². The third-order valence-electron chi connectivity index (χ3n) is 2.71. The summed E-state index contributed by atoms with van der Waals surface area (Å²) in [6.07, 6.45) is 4.37. The van der Waals surface area contributed by atoms with Crippen molar-refractivity contribution in [2.24, 2.45) is 0 Å². The second-order valence-electron chi connectivity index (χ2n) is 4.02. The molecule has 2 rings (SSSR count). The highest BCUT2D eigenvalue weighted by Gasteiger charge is 2.39. The standard InChI is InChI=1S/C12H14F2N2/c1-3-6-12(13,14)11-5-4-10-9-15(2)7-8-16(10)11/h3-4,9H,1,6-8H2,2H3. The van der Waals surface area contributed by atoms with Gasteiger partial charge in [-0.25, -0.2) is 0 Å². The van der Waals surface area contributed by atoms with Crippen molar-refractivity contribution in [3.63, 3.8) is 0 Å². The van der Waals surface area contributed by atoms with Gasteiger partial charge in [-0.15, -0.1) is 6.58 Å². The van der Waals surface area contributed by atoms with Crippen LogP contribution in [0.3, 0.4) is 0 Å². The van der Waals surface area contributed by atoms with Gasteiger partial charge in [0.05, 0.1) is 5.70 Å². The molecule has 0 bridgehead atoms. The molecule has 16 heavy (non-hydrogen) atoms. The first kappa shape index (κ1) is 11.0. The van der Waals surface area contributed by atoms with Crippen LogP contribution in [-0.4, -0.2) is 35.9 Å². The van der Waals surface area contributed by atoms with Gasteiger partial charge < -0.3 is 9.80 Å². The molecule has 0 fully saturated rings. The van der Waals surface area contributed by atoms with Crippen LogP contribution < -0.4 is 0 Å². The Morgan fingerprint density at radius 2 is 2.31 bits per heavy atom. The zero-order valence-corrected chi connectivity index (χ0v) is 9.21.